The van der Waals surface area contributed by atoms with Crippen molar-refractivity contribution in [2.24, 2.45) is 45.3 Å². The Morgan fingerprint density at radius 3 is 0.684 bits per heavy atom. The van der Waals surface area contributed by atoms with E-state index in [1.54, 1.807) is 0 Å². The fourth-order valence-electron chi connectivity index (χ4n) is 12.2. The van der Waals surface area contributed by atoms with Crippen molar-refractivity contribution in [3.05, 3.63) is 284 Å². The first-order valence-electron chi connectivity index (χ1n) is 30.1. The molecule has 412 valence electrons. The monoisotopic (exact) mass is 1040 g/mol. The lowest BCUT2D eigenvalue weighted by molar-refractivity contribution is 0.236. The minimum absolute atomic E-state index is 0.130. The molecule has 79 heavy (non-hydrogen) atoms. The van der Waals surface area contributed by atoms with Gasteiger partial charge in [-0.25, -0.2) is 0 Å². The standard InChI is InChI=1S/C79H96/c1-76(2,3)72(50-58-28-15-13-16-29-58)52-63-35-25-32-60(44-63)48-67-39-20-23-42-70(67)56-75(79(10,11)12)57-71-43-24-21-40-68(71)49-62-34-27-37-65(46-62)54-73(77(4,5)6)53-64-36-26-33-61(45-64)47-66-38-19-22-41-69(66)55-74(78(7,8)9)51-59-30-17-14-18-31-59/h13-46,72-75H,47-57H2,1-12H3. The minimum atomic E-state index is 0.130. The molecule has 8 aromatic rings. The van der Waals surface area contributed by atoms with Crippen LogP contribution in [-0.2, 0) is 70.6 Å². The van der Waals surface area contributed by atoms with Crippen molar-refractivity contribution in [3.63, 3.8) is 0 Å². The second-order valence-electron chi connectivity index (χ2n) is 28.2. The molecule has 0 aromatic heterocycles. The Labute approximate surface area is 480 Å². The zero-order valence-corrected chi connectivity index (χ0v) is 50.7. The van der Waals surface area contributed by atoms with Gasteiger partial charge in [0.25, 0.3) is 0 Å². The summed E-state index contributed by atoms with van der Waals surface area (Å²) in [6, 6.07) is 78.5. The van der Waals surface area contributed by atoms with Crippen molar-refractivity contribution in [2.45, 2.75) is 154 Å². The van der Waals surface area contributed by atoms with Crippen molar-refractivity contribution in [1.29, 1.82) is 0 Å². The highest BCUT2D eigenvalue weighted by Gasteiger charge is 2.30. The molecule has 4 atom stereocenters. The summed E-state index contributed by atoms with van der Waals surface area (Å²) in [6.45, 7) is 29.1. The molecule has 0 nitrogen and oxygen atoms in total. The van der Waals surface area contributed by atoms with Gasteiger partial charge in [0.15, 0.2) is 0 Å². The van der Waals surface area contributed by atoms with E-state index in [4.69, 9.17) is 0 Å². The summed E-state index contributed by atoms with van der Waals surface area (Å²) in [4.78, 5) is 0. The quantitative estimate of drug-likeness (QED) is 0.0635. The van der Waals surface area contributed by atoms with Crippen LogP contribution in [0.5, 0.6) is 0 Å². The van der Waals surface area contributed by atoms with Gasteiger partial charge in [-0.3, -0.25) is 0 Å². The van der Waals surface area contributed by atoms with E-state index in [0.717, 1.165) is 70.6 Å². The molecule has 0 aliphatic rings. The van der Waals surface area contributed by atoms with Crippen molar-refractivity contribution in [1.82, 2.24) is 0 Å². The van der Waals surface area contributed by atoms with Crippen molar-refractivity contribution >= 4 is 0 Å². The van der Waals surface area contributed by atoms with E-state index in [9.17, 15) is 0 Å². The second kappa shape index (κ2) is 26.4. The summed E-state index contributed by atoms with van der Waals surface area (Å²) < 4.78 is 0. The Hall–Kier alpha value is -6.24. The van der Waals surface area contributed by atoms with Gasteiger partial charge in [0.05, 0.1) is 0 Å². The van der Waals surface area contributed by atoms with Gasteiger partial charge in [-0.05, 0) is 194 Å². The summed E-state index contributed by atoms with van der Waals surface area (Å²) >= 11 is 0. The lowest BCUT2D eigenvalue weighted by Crippen LogP contribution is -2.26. The summed E-state index contributed by atoms with van der Waals surface area (Å²) in [6.07, 6.45) is 11.5. The largest absolute Gasteiger partial charge is 0.0622 e. The van der Waals surface area contributed by atoms with E-state index < -0.39 is 0 Å². The summed E-state index contributed by atoms with van der Waals surface area (Å²) in [5.74, 6) is 2.07. The van der Waals surface area contributed by atoms with E-state index in [2.05, 4.69) is 289 Å². The van der Waals surface area contributed by atoms with Crippen molar-refractivity contribution in [3.8, 4) is 0 Å². The normalized spacial score (nSPS) is 13.9. The van der Waals surface area contributed by atoms with Crippen LogP contribution in [0, 0.1) is 45.3 Å². The van der Waals surface area contributed by atoms with Crippen LogP contribution in [0.25, 0.3) is 0 Å². The molecule has 8 aromatic carbocycles. The minimum Gasteiger partial charge on any atom is -0.0622 e. The maximum absolute atomic E-state index is 2.52. The highest BCUT2D eigenvalue weighted by molar-refractivity contribution is 5.39. The van der Waals surface area contributed by atoms with Gasteiger partial charge in [0, 0.05) is 0 Å². The Morgan fingerprint density at radius 2 is 0.405 bits per heavy atom. The van der Waals surface area contributed by atoms with E-state index in [1.807, 2.05) is 0 Å². The topological polar surface area (TPSA) is 0 Å². The number of hydrogen-bond acceptors (Lipinski definition) is 0. The Kier molecular flexibility index (Phi) is 19.6. The van der Waals surface area contributed by atoms with Crippen LogP contribution in [0.2, 0.25) is 0 Å². The molecule has 0 radical (unpaired) electrons. The molecule has 0 heterocycles. The van der Waals surface area contributed by atoms with Crippen molar-refractivity contribution in [2.75, 3.05) is 0 Å². The Balaban J connectivity index is 0.935. The molecule has 0 amide bonds. The highest BCUT2D eigenvalue weighted by Crippen LogP contribution is 2.38. The SMILES string of the molecule is CC(C)(C)C(Cc1ccccc1)Cc1cccc(Cc2ccccc2CC(Cc2ccccc2Cc2cccc(CC(Cc3cccc(Cc4ccccc4CC(Cc4ccccc4)C(C)(C)C)c3)C(C)(C)C)c2)C(C)(C)C)c1. The van der Waals surface area contributed by atoms with Crippen LogP contribution in [0.4, 0.5) is 0 Å². The van der Waals surface area contributed by atoms with Gasteiger partial charge >= 0.3 is 0 Å². The third-order valence-corrected chi connectivity index (χ3v) is 17.9. The van der Waals surface area contributed by atoms with E-state index in [0.29, 0.717) is 23.7 Å². The van der Waals surface area contributed by atoms with E-state index in [-0.39, 0.29) is 21.7 Å². The molecule has 0 saturated carbocycles. The number of benzene rings is 8. The zero-order chi connectivity index (χ0) is 56.2. The average Bonchev–Trinajstić information content (AvgIpc) is 3.41. The zero-order valence-electron chi connectivity index (χ0n) is 50.7. The number of rotatable bonds is 22. The fraction of sp³-hybridized carbons (Fsp3) is 0.392. The third-order valence-electron chi connectivity index (χ3n) is 17.9. The first kappa shape index (κ1) is 58.9. The predicted octanol–water partition coefficient (Wildman–Crippen LogP) is 20.2. The van der Waals surface area contributed by atoms with Crippen molar-refractivity contribution < 1.29 is 0 Å². The van der Waals surface area contributed by atoms with Gasteiger partial charge in [-0.15, -0.1) is 0 Å². The summed E-state index contributed by atoms with van der Waals surface area (Å²) in [5.41, 5.74) is 20.9. The van der Waals surface area contributed by atoms with Crippen LogP contribution < -0.4 is 0 Å². The molecule has 0 aliphatic carbocycles. The van der Waals surface area contributed by atoms with E-state index >= 15 is 0 Å². The van der Waals surface area contributed by atoms with Crippen LogP contribution >= 0.6 is 0 Å². The molecular weight excluding hydrogens is 949 g/mol. The fourth-order valence-corrected chi connectivity index (χ4v) is 12.2. The lowest BCUT2D eigenvalue weighted by atomic mass is 9.72. The average molecular weight is 1050 g/mol. The molecule has 4 unspecified atom stereocenters. The van der Waals surface area contributed by atoms with Crippen LogP contribution in [0.1, 0.15) is 161 Å². The lowest BCUT2D eigenvalue weighted by Gasteiger charge is -2.32. The van der Waals surface area contributed by atoms with Crippen LogP contribution in [0.3, 0.4) is 0 Å². The molecule has 0 aliphatic heterocycles. The first-order valence-corrected chi connectivity index (χ1v) is 30.1. The van der Waals surface area contributed by atoms with Gasteiger partial charge in [0.2, 0.25) is 0 Å². The Morgan fingerprint density at radius 1 is 0.203 bits per heavy atom. The molecule has 0 fully saturated rings. The third kappa shape index (κ3) is 17.6. The van der Waals surface area contributed by atoms with Crippen LogP contribution in [-0.4, -0.2) is 0 Å². The van der Waals surface area contributed by atoms with Gasteiger partial charge < -0.3 is 0 Å². The smallest absolute Gasteiger partial charge is 0.00229 e. The van der Waals surface area contributed by atoms with Gasteiger partial charge in [0.1, 0.15) is 0 Å². The molecule has 0 N–H and O–H groups in total. The molecule has 0 bridgehead atoms. The molecule has 0 saturated heterocycles. The predicted molar refractivity (Wildman–Crippen MR) is 341 cm³/mol. The maximum Gasteiger partial charge on any atom is -0.00229 e. The first-order chi connectivity index (χ1) is 37.6. The summed E-state index contributed by atoms with van der Waals surface area (Å²) in [7, 11) is 0. The van der Waals surface area contributed by atoms with Gasteiger partial charge in [-0.2, -0.15) is 0 Å². The Bertz CT molecular complexity index is 3140. The van der Waals surface area contributed by atoms with Gasteiger partial charge in [-0.1, -0.05) is 289 Å². The summed E-state index contributed by atoms with van der Waals surface area (Å²) in [5, 5.41) is 0. The number of hydrogen-bond donors (Lipinski definition) is 0. The molecule has 8 rings (SSSR count). The maximum atomic E-state index is 2.52. The molecular formula is C79H96. The van der Waals surface area contributed by atoms with E-state index in [1.165, 1.54) is 77.9 Å². The molecule has 0 heteroatoms. The highest BCUT2D eigenvalue weighted by atomic mass is 14.3. The second-order valence-corrected chi connectivity index (χ2v) is 28.2. The van der Waals surface area contributed by atoms with Crippen LogP contribution in [0.15, 0.2) is 206 Å². The molecule has 0 spiro atoms.